The predicted molar refractivity (Wildman–Crippen MR) is 69.4 cm³/mol. The molecule has 2 aromatic heterocycles. The first-order valence-corrected chi connectivity index (χ1v) is 6.03. The van der Waals surface area contributed by atoms with Crippen molar-refractivity contribution < 1.29 is 9.72 Å². The quantitative estimate of drug-likeness (QED) is 0.734. The van der Waals surface area contributed by atoms with Crippen molar-refractivity contribution in [2.75, 3.05) is 18.2 Å². The normalized spacial score (nSPS) is 12.6. The molecule has 0 saturated heterocycles. The number of fused-ring (bicyclic) bond motifs is 1. The van der Waals surface area contributed by atoms with Gasteiger partial charge in [0.15, 0.2) is 5.82 Å². The van der Waals surface area contributed by atoms with E-state index in [1.54, 1.807) is 7.11 Å². The van der Waals surface area contributed by atoms with E-state index in [0.717, 1.165) is 12.8 Å². The lowest BCUT2D eigenvalue weighted by molar-refractivity contribution is -0.364. The highest BCUT2D eigenvalue weighted by Gasteiger charge is 2.18. The van der Waals surface area contributed by atoms with Gasteiger partial charge in [-0.2, -0.15) is 4.98 Å². The summed E-state index contributed by atoms with van der Waals surface area (Å²) >= 11 is 0. The van der Waals surface area contributed by atoms with E-state index in [1.807, 2.05) is 0 Å². The number of nitrogens with two attached hydrogens (primary N) is 1. The lowest BCUT2D eigenvalue weighted by Crippen LogP contribution is -2.17. The number of anilines is 2. The molecule has 0 saturated carbocycles. The van der Waals surface area contributed by atoms with E-state index < -0.39 is 0 Å². The van der Waals surface area contributed by atoms with Crippen LogP contribution in [0.15, 0.2) is 0 Å². The Hall–Kier alpha value is -2.05. The smallest absolute Gasteiger partial charge is 0.395 e. The van der Waals surface area contributed by atoms with Gasteiger partial charge in [0.05, 0.1) is 7.11 Å². The van der Waals surface area contributed by atoms with Gasteiger partial charge in [0.25, 0.3) is 0 Å². The van der Waals surface area contributed by atoms with Crippen molar-refractivity contribution in [3.8, 4) is 6.01 Å². The van der Waals surface area contributed by atoms with E-state index in [4.69, 9.17) is 10.5 Å². The van der Waals surface area contributed by atoms with E-state index in [2.05, 4.69) is 39.1 Å². The van der Waals surface area contributed by atoms with Crippen molar-refractivity contribution in [2.24, 2.45) is 0 Å². The average Bonchev–Trinajstić information content (AvgIpc) is 2.72. The van der Waals surface area contributed by atoms with Gasteiger partial charge in [-0.05, 0) is 13.3 Å². The molecular weight excluding hydrogens is 232 g/mol. The van der Waals surface area contributed by atoms with E-state index in [1.165, 1.54) is 0 Å². The zero-order valence-electron chi connectivity index (χ0n) is 10.9. The minimum Gasteiger partial charge on any atom is -0.446 e. The molecule has 0 aliphatic rings. The van der Waals surface area contributed by atoms with Crippen molar-refractivity contribution in [1.29, 1.82) is 0 Å². The fraction of sp³-hybridized carbons (Fsp3) is 0.545. The highest BCUT2D eigenvalue weighted by atomic mass is 16.5. The van der Waals surface area contributed by atoms with Gasteiger partial charge in [0, 0.05) is 6.04 Å². The maximum absolute atomic E-state index is 5.88. The van der Waals surface area contributed by atoms with Gasteiger partial charge in [0.1, 0.15) is 0 Å². The minimum absolute atomic E-state index is 0.313. The molecule has 2 rings (SSSR count). The Labute approximate surface area is 105 Å². The summed E-state index contributed by atoms with van der Waals surface area (Å²) in [6, 6.07) is 0.817. The number of aromatic nitrogens is 4. The number of hydrogen-bond donors (Lipinski definition) is 3. The van der Waals surface area contributed by atoms with Crippen LogP contribution in [0, 0.1) is 0 Å². The van der Waals surface area contributed by atoms with Crippen LogP contribution in [0.25, 0.3) is 11.2 Å². The summed E-state index contributed by atoms with van der Waals surface area (Å²) in [6.45, 7) is 4.23. The molecule has 5 N–H and O–H groups in total. The molecule has 0 bridgehead atoms. The summed E-state index contributed by atoms with van der Waals surface area (Å²) in [5.74, 6) is 0.921. The first-order valence-electron chi connectivity index (χ1n) is 6.03. The molecular formula is C11H19N6O+. The summed E-state index contributed by atoms with van der Waals surface area (Å²) in [4.78, 5) is 14.5. The van der Waals surface area contributed by atoms with E-state index in [-0.39, 0.29) is 0 Å². The molecule has 0 aliphatic heterocycles. The molecule has 0 spiro atoms. The zero-order valence-corrected chi connectivity index (χ0v) is 10.9. The molecule has 0 aromatic carbocycles. The number of methoxy groups -OCH3 is 1. The van der Waals surface area contributed by atoms with Crippen molar-refractivity contribution in [3.63, 3.8) is 0 Å². The number of nitrogens with zero attached hydrogens (tertiary/aromatic N) is 2. The van der Waals surface area contributed by atoms with Gasteiger partial charge in [-0.15, -0.1) is 0 Å². The van der Waals surface area contributed by atoms with Crippen LogP contribution in [0.5, 0.6) is 6.01 Å². The second kappa shape index (κ2) is 5.07. The summed E-state index contributed by atoms with van der Waals surface area (Å²) in [7, 11) is 1.56. The minimum atomic E-state index is 0.313. The highest BCUT2D eigenvalue weighted by molar-refractivity contribution is 5.80. The lowest BCUT2D eigenvalue weighted by Gasteiger charge is -2.10. The Balaban J connectivity index is 2.30. The SMILES string of the molecule is CCC[C@@H](C)Nc1nc(N)c2[nH]c(OC)[nH+]c2n1. The summed E-state index contributed by atoms with van der Waals surface area (Å²) in [5, 5.41) is 3.23. The largest absolute Gasteiger partial charge is 0.446 e. The van der Waals surface area contributed by atoms with Crippen LogP contribution in [0.1, 0.15) is 26.7 Å². The second-order valence-corrected chi connectivity index (χ2v) is 4.27. The Morgan fingerprint density at radius 1 is 1.50 bits per heavy atom. The number of rotatable bonds is 5. The number of ether oxygens (including phenoxy) is 1. The number of H-pyrrole nitrogens is 2. The Bertz CT molecular complexity index is 538. The van der Waals surface area contributed by atoms with E-state index >= 15 is 0 Å². The van der Waals surface area contributed by atoms with Crippen LogP contribution in [-0.4, -0.2) is 28.1 Å². The first-order chi connectivity index (χ1) is 8.63. The maximum Gasteiger partial charge on any atom is 0.395 e. The number of nitrogens with one attached hydrogen (secondary N) is 3. The standard InChI is InChI=1S/C11H18N6O/c1-4-5-6(2)13-10-15-8(12)7-9(16-10)17-11(14-7)18-3/h6H,4-5H2,1-3H3,(H4,12,13,14,15,16,17)/p+1/t6-/m1/s1. The zero-order chi connectivity index (χ0) is 13.1. The van der Waals surface area contributed by atoms with Crippen molar-refractivity contribution >= 4 is 22.9 Å². The molecule has 7 nitrogen and oxygen atoms in total. The van der Waals surface area contributed by atoms with E-state index in [9.17, 15) is 0 Å². The molecule has 2 heterocycles. The molecule has 0 radical (unpaired) electrons. The van der Waals surface area contributed by atoms with Gasteiger partial charge < -0.3 is 15.8 Å². The van der Waals surface area contributed by atoms with Gasteiger partial charge in [-0.3, -0.25) is 0 Å². The Morgan fingerprint density at radius 3 is 2.94 bits per heavy atom. The summed E-state index contributed by atoms with van der Waals surface area (Å²) in [6.07, 6.45) is 2.16. The first kappa shape index (κ1) is 12.4. The Morgan fingerprint density at radius 2 is 2.28 bits per heavy atom. The number of hydrogen-bond acceptors (Lipinski definition) is 5. The fourth-order valence-electron chi connectivity index (χ4n) is 1.84. The fourth-order valence-corrected chi connectivity index (χ4v) is 1.84. The molecule has 0 aliphatic carbocycles. The topological polar surface area (TPSA) is 103 Å². The van der Waals surface area contributed by atoms with E-state index in [0.29, 0.717) is 35.0 Å². The molecule has 0 unspecified atom stereocenters. The third-order valence-electron chi connectivity index (χ3n) is 2.71. The number of aromatic amines is 2. The monoisotopic (exact) mass is 251 g/mol. The van der Waals surface area contributed by atoms with Crippen LogP contribution in [0.2, 0.25) is 0 Å². The molecule has 98 valence electrons. The summed E-state index contributed by atoms with van der Waals surface area (Å²) in [5.41, 5.74) is 7.16. The molecule has 2 aromatic rings. The maximum atomic E-state index is 5.88. The molecule has 1 atom stereocenters. The second-order valence-electron chi connectivity index (χ2n) is 4.27. The molecule has 0 amide bonds. The van der Waals surface area contributed by atoms with Gasteiger partial charge >= 0.3 is 17.6 Å². The molecule has 18 heavy (non-hydrogen) atoms. The molecule has 0 fully saturated rings. The van der Waals surface area contributed by atoms with Gasteiger partial charge in [0.2, 0.25) is 5.52 Å². The predicted octanol–water partition coefficient (Wildman–Crippen LogP) is 0.963. The van der Waals surface area contributed by atoms with Gasteiger partial charge in [-0.25, -0.2) is 9.97 Å². The lowest BCUT2D eigenvalue weighted by atomic mass is 10.2. The van der Waals surface area contributed by atoms with Crippen molar-refractivity contribution in [3.05, 3.63) is 0 Å². The number of nitrogen functional groups attached to an aromatic ring is 1. The van der Waals surface area contributed by atoms with Crippen LogP contribution >= 0.6 is 0 Å². The highest BCUT2D eigenvalue weighted by Crippen LogP contribution is 2.17. The Kier molecular flexibility index (Phi) is 3.50. The third-order valence-corrected chi connectivity index (χ3v) is 2.71. The van der Waals surface area contributed by atoms with Crippen LogP contribution in [0.4, 0.5) is 11.8 Å². The summed E-state index contributed by atoms with van der Waals surface area (Å²) < 4.78 is 5.06. The average molecular weight is 251 g/mol. The van der Waals surface area contributed by atoms with Gasteiger partial charge in [-0.1, -0.05) is 18.3 Å². The van der Waals surface area contributed by atoms with Crippen LogP contribution < -0.4 is 20.8 Å². The van der Waals surface area contributed by atoms with Crippen LogP contribution in [-0.2, 0) is 0 Å². The van der Waals surface area contributed by atoms with Crippen molar-refractivity contribution in [2.45, 2.75) is 32.7 Å². The van der Waals surface area contributed by atoms with Crippen LogP contribution in [0.3, 0.4) is 0 Å². The van der Waals surface area contributed by atoms with Crippen molar-refractivity contribution in [1.82, 2.24) is 15.0 Å². The third kappa shape index (κ3) is 2.44. The molecule has 7 heteroatoms. The number of imidazole rings is 1.